The van der Waals surface area contributed by atoms with E-state index >= 15 is 0 Å². The predicted molar refractivity (Wildman–Crippen MR) is 321 cm³/mol. The molecular formula is C58H72BIN10O6Si2. The maximum Gasteiger partial charge on any atom is 0.488 e. The van der Waals surface area contributed by atoms with E-state index in [1.54, 1.807) is 31.5 Å². The molecule has 16 nitrogen and oxygen atoms in total. The third-order valence-electron chi connectivity index (χ3n) is 14.0. The Bertz CT molecular complexity index is 3370. The fourth-order valence-electron chi connectivity index (χ4n) is 9.32. The van der Waals surface area contributed by atoms with Crippen LogP contribution in [0.1, 0.15) is 71.0 Å². The lowest BCUT2D eigenvalue weighted by atomic mass is 9.81. The van der Waals surface area contributed by atoms with Gasteiger partial charge in [0.2, 0.25) is 11.8 Å². The molecule has 2 aromatic carbocycles. The van der Waals surface area contributed by atoms with E-state index in [4.69, 9.17) is 34.6 Å². The summed E-state index contributed by atoms with van der Waals surface area (Å²) in [5, 5.41) is 26.9. The normalized spacial score (nSPS) is 14.3. The molecule has 10 rings (SSSR count). The van der Waals surface area contributed by atoms with Gasteiger partial charge in [-0.25, -0.2) is 19.3 Å². The number of pyridine rings is 4. The average Bonchev–Trinajstić information content (AvgIpc) is 4.05. The number of aromatic nitrogens is 8. The maximum atomic E-state index is 13.2. The molecule has 2 aliphatic heterocycles. The van der Waals surface area contributed by atoms with Crippen LogP contribution in [0, 0.1) is 17.5 Å². The van der Waals surface area contributed by atoms with E-state index in [2.05, 4.69) is 127 Å². The van der Waals surface area contributed by atoms with Crippen LogP contribution in [0.25, 0.3) is 33.3 Å². The molecule has 2 atom stereocenters. The highest BCUT2D eigenvalue weighted by molar-refractivity contribution is 14.1. The van der Waals surface area contributed by atoms with Gasteiger partial charge in [-0.1, -0.05) is 99.9 Å². The lowest BCUT2D eigenvalue weighted by Gasteiger charge is -2.33. The quantitative estimate of drug-likeness (QED) is 0.0531. The minimum Gasteiger partial charge on any atom is -0.423 e. The van der Waals surface area contributed by atoms with Crippen molar-refractivity contribution >= 4 is 85.2 Å². The number of benzene rings is 2. The largest absolute Gasteiger partial charge is 0.488 e. The van der Waals surface area contributed by atoms with Gasteiger partial charge in [0.1, 0.15) is 33.9 Å². The van der Waals surface area contributed by atoms with Crippen LogP contribution >= 0.6 is 22.6 Å². The lowest BCUT2D eigenvalue weighted by Crippen LogP contribution is -2.38. The number of nitrogens with zero attached hydrogens (tertiary/aromatic N) is 10. The van der Waals surface area contributed by atoms with Crippen LogP contribution in [-0.2, 0) is 58.5 Å². The summed E-state index contributed by atoms with van der Waals surface area (Å²) in [6.07, 6.45) is 4.05. The number of hydrogen-bond acceptors (Lipinski definition) is 12. The van der Waals surface area contributed by atoms with Gasteiger partial charge in [-0.15, -0.1) is 0 Å². The Hall–Kier alpha value is -6.01. The van der Waals surface area contributed by atoms with Crippen LogP contribution in [0.15, 0.2) is 109 Å². The lowest BCUT2D eigenvalue weighted by molar-refractivity contribution is -0.135. The number of carbonyl (C=O) groups excluding carboxylic acids is 2. The second-order valence-electron chi connectivity index (χ2n) is 22.6. The molecule has 2 aliphatic rings. The van der Waals surface area contributed by atoms with Crippen molar-refractivity contribution < 1.29 is 29.1 Å². The third kappa shape index (κ3) is 14.8. The van der Waals surface area contributed by atoms with Crippen LogP contribution in [0.4, 0.5) is 0 Å². The minimum absolute atomic E-state index is 0.0147. The molecule has 8 aromatic rings. The summed E-state index contributed by atoms with van der Waals surface area (Å²) in [6, 6.07) is 33.9. The topological polar surface area (TPSA) is 187 Å². The van der Waals surface area contributed by atoms with Crippen molar-refractivity contribution in [2.24, 2.45) is 0 Å². The van der Waals surface area contributed by atoms with Gasteiger partial charge in [0.15, 0.2) is 0 Å². The molecule has 0 saturated carbocycles. The smallest absolute Gasteiger partial charge is 0.423 e. The molecular weight excluding hydrogens is 1130 g/mol. The molecule has 2 amide bonds. The summed E-state index contributed by atoms with van der Waals surface area (Å²) in [4.78, 5) is 48.3. The zero-order chi connectivity index (χ0) is 55.9. The molecule has 8 heterocycles. The maximum absolute atomic E-state index is 13.2. The van der Waals surface area contributed by atoms with Gasteiger partial charge < -0.3 is 29.3 Å². The fraction of sp³-hybridized carbons (Fsp3) is 0.379. The summed E-state index contributed by atoms with van der Waals surface area (Å²) in [6.45, 7) is 25.2. The molecule has 2 N–H and O–H groups in total. The molecule has 408 valence electrons. The zero-order valence-electron chi connectivity index (χ0n) is 46.6. The van der Waals surface area contributed by atoms with E-state index < -0.39 is 23.3 Å². The summed E-state index contributed by atoms with van der Waals surface area (Å²) in [5.41, 5.74) is 13.7. The SMILES string of the molecule is C[C@H](c1ccccc1)N1Cc2nc3c(I)nn(COCC[Si](C)(C)C)c3cc2CC1=O.Cc1cc(-c2nn(COCC[Si](C)(C)C)c3cc4c(nc23)CN([C@H](C)c2ccccc2)C(=O)C4)ccn1.Cc1cc(B(O)O)ccn1. The highest BCUT2D eigenvalue weighted by Crippen LogP contribution is 2.34. The monoisotopic (exact) mass is 1200 g/mol. The number of amides is 2. The number of hydrogen-bond donors (Lipinski definition) is 2. The Morgan fingerprint density at radius 1 is 0.628 bits per heavy atom. The Morgan fingerprint density at radius 3 is 1.55 bits per heavy atom. The molecule has 0 unspecified atom stereocenters. The second-order valence-corrected chi connectivity index (χ2v) is 34.9. The van der Waals surface area contributed by atoms with Gasteiger partial charge >= 0.3 is 7.12 Å². The van der Waals surface area contributed by atoms with Gasteiger partial charge in [0.25, 0.3) is 0 Å². The number of aryl methyl sites for hydroxylation is 2. The number of rotatable bonds is 16. The van der Waals surface area contributed by atoms with E-state index in [1.807, 2.05) is 74.6 Å². The molecule has 0 spiro atoms. The molecule has 0 aliphatic carbocycles. The number of carbonyl (C=O) groups is 2. The predicted octanol–water partition coefficient (Wildman–Crippen LogP) is 9.82. The van der Waals surface area contributed by atoms with Crippen LogP contribution in [0.2, 0.25) is 51.4 Å². The van der Waals surface area contributed by atoms with E-state index in [0.29, 0.717) is 51.5 Å². The van der Waals surface area contributed by atoms with Gasteiger partial charge in [-0.2, -0.15) is 10.2 Å². The van der Waals surface area contributed by atoms with E-state index in [9.17, 15) is 9.59 Å². The van der Waals surface area contributed by atoms with E-state index in [-0.39, 0.29) is 23.9 Å². The van der Waals surface area contributed by atoms with Crippen molar-refractivity contribution in [1.82, 2.24) is 49.3 Å². The Balaban J connectivity index is 0.000000177. The second kappa shape index (κ2) is 25.4. The first-order valence-electron chi connectivity index (χ1n) is 26.6. The van der Waals surface area contributed by atoms with Crippen molar-refractivity contribution in [2.45, 2.75) is 131 Å². The molecule has 6 aromatic heterocycles. The number of halogens is 1. The minimum atomic E-state index is -1.39. The van der Waals surface area contributed by atoms with Gasteiger partial charge in [0, 0.05) is 58.7 Å². The van der Waals surface area contributed by atoms with Crippen molar-refractivity contribution in [1.29, 1.82) is 0 Å². The molecule has 0 bridgehead atoms. The Kier molecular flexibility index (Phi) is 18.9. The van der Waals surface area contributed by atoms with Crippen LogP contribution in [-0.4, -0.2) is 108 Å². The van der Waals surface area contributed by atoms with Crippen LogP contribution in [0.5, 0.6) is 0 Å². The standard InChI is InChI=1S/C29H35N5O2Si.C23H29IN4O2Si.C6H8BNO2/c1-20-15-23(11-12-30-20)28-29-26(34(32-28)19-36-13-14-37(3,4)5)16-24-17-27(35)33(18-25(24)31-29)21(2)22-9-7-6-8-10-22;1-16(17-8-6-5-7-9-17)27-14-19-18(13-21(27)29)12-20-22(25-19)23(24)26-28(20)15-30-10-11-31(2,3)4;1-5-4-6(7(9)10)2-3-8-5/h6-12,15-16,21H,13-14,17-19H2,1-5H3;5-9,12,16H,10-11,13-15H2,1-4H3;2-4,9-10H,1H3/t21-;16-;/m11./s1. The number of fused-ring (bicyclic) bond motifs is 4. The summed E-state index contributed by atoms with van der Waals surface area (Å²) in [5.74, 6) is 0.254. The summed E-state index contributed by atoms with van der Waals surface area (Å²) < 4.78 is 16.6. The summed E-state index contributed by atoms with van der Waals surface area (Å²) in [7, 11) is -3.70. The first-order valence-corrected chi connectivity index (χ1v) is 35.1. The summed E-state index contributed by atoms with van der Waals surface area (Å²) >= 11 is 2.24. The zero-order valence-corrected chi connectivity index (χ0v) is 50.7. The average molecular weight is 1200 g/mol. The van der Waals surface area contributed by atoms with Crippen molar-refractivity contribution in [2.75, 3.05) is 13.2 Å². The molecule has 0 saturated heterocycles. The van der Waals surface area contributed by atoms with Crippen LogP contribution in [0.3, 0.4) is 0 Å². The van der Waals surface area contributed by atoms with Crippen molar-refractivity contribution in [3.8, 4) is 11.3 Å². The molecule has 20 heteroatoms. The first kappa shape index (κ1) is 58.1. The van der Waals surface area contributed by atoms with Crippen molar-refractivity contribution in [3.05, 3.63) is 158 Å². The highest BCUT2D eigenvalue weighted by Gasteiger charge is 2.32. The Morgan fingerprint density at radius 2 is 1.09 bits per heavy atom. The van der Waals surface area contributed by atoms with E-state index in [0.717, 1.165) is 101 Å². The Labute approximate surface area is 474 Å². The fourth-order valence-corrected chi connectivity index (χ4v) is 11.5. The van der Waals surface area contributed by atoms with Gasteiger partial charge in [0.05, 0.1) is 60.4 Å². The van der Waals surface area contributed by atoms with E-state index in [1.165, 1.54) is 0 Å². The van der Waals surface area contributed by atoms with Crippen molar-refractivity contribution in [3.63, 3.8) is 0 Å². The number of ether oxygens (including phenoxy) is 2. The first-order chi connectivity index (χ1) is 37.1. The highest BCUT2D eigenvalue weighted by atomic mass is 127. The molecule has 0 radical (unpaired) electrons. The van der Waals surface area contributed by atoms with Crippen LogP contribution < -0.4 is 5.46 Å². The molecule has 0 fully saturated rings. The third-order valence-corrected chi connectivity index (χ3v) is 18.2. The van der Waals surface area contributed by atoms with Gasteiger partial charge in [-0.3, -0.25) is 19.6 Å². The molecule has 78 heavy (non-hydrogen) atoms. The van der Waals surface area contributed by atoms with Gasteiger partial charge in [-0.05, 0) is 126 Å².